The van der Waals surface area contributed by atoms with E-state index in [1.54, 1.807) is 32.3 Å². The Hall–Kier alpha value is -2.75. The number of hydrogen-bond donors (Lipinski definition) is 0. The quantitative estimate of drug-likeness (QED) is 0.721. The molecule has 22 heavy (non-hydrogen) atoms. The number of carbonyl (C=O) groups excluding carboxylic acids is 1. The lowest BCUT2D eigenvalue weighted by Crippen LogP contribution is -2.22. The van der Waals surface area contributed by atoms with Crippen molar-refractivity contribution >= 4 is 16.8 Å². The van der Waals surface area contributed by atoms with Crippen LogP contribution in [0.4, 0.5) is 4.39 Å². The Kier molecular flexibility index (Phi) is 3.59. The van der Waals surface area contributed by atoms with Crippen molar-refractivity contribution in [3.8, 4) is 11.3 Å². The SMILES string of the molecule is CN(C)C(=O)c1cc(-c2ccc(F)cc2)nc2ccccc12. The zero-order chi connectivity index (χ0) is 15.7. The standard InChI is InChI=1S/C18H15FN2O/c1-21(2)18(22)15-11-17(12-7-9-13(19)10-8-12)20-16-6-4-3-5-14(15)16/h3-11H,1-2H3. The number of rotatable bonds is 2. The molecule has 1 aromatic heterocycles. The monoisotopic (exact) mass is 294 g/mol. The maximum absolute atomic E-state index is 13.1. The first-order chi connectivity index (χ1) is 10.6. The first kappa shape index (κ1) is 14.2. The molecular formula is C18H15FN2O. The second kappa shape index (κ2) is 5.56. The van der Waals surface area contributed by atoms with Crippen molar-refractivity contribution in [3.05, 3.63) is 66.0 Å². The average Bonchev–Trinajstić information content (AvgIpc) is 2.53. The van der Waals surface area contributed by atoms with Crippen LogP contribution in [-0.2, 0) is 0 Å². The number of fused-ring (bicyclic) bond motifs is 1. The highest BCUT2D eigenvalue weighted by atomic mass is 19.1. The van der Waals surface area contributed by atoms with Gasteiger partial charge in [-0.25, -0.2) is 9.37 Å². The fourth-order valence-electron chi connectivity index (χ4n) is 2.36. The summed E-state index contributed by atoms with van der Waals surface area (Å²) in [6.45, 7) is 0. The molecule has 0 bridgehead atoms. The molecule has 3 aromatic rings. The molecule has 1 heterocycles. The molecule has 2 aromatic carbocycles. The van der Waals surface area contributed by atoms with E-state index < -0.39 is 0 Å². The van der Waals surface area contributed by atoms with E-state index in [0.29, 0.717) is 11.3 Å². The number of aromatic nitrogens is 1. The van der Waals surface area contributed by atoms with E-state index in [1.807, 2.05) is 24.3 Å². The van der Waals surface area contributed by atoms with Crippen molar-refractivity contribution < 1.29 is 9.18 Å². The third-order valence-corrected chi connectivity index (χ3v) is 3.49. The zero-order valence-corrected chi connectivity index (χ0v) is 12.4. The predicted octanol–water partition coefficient (Wildman–Crippen LogP) is 3.74. The lowest BCUT2D eigenvalue weighted by Gasteiger charge is -2.14. The fraction of sp³-hybridized carbons (Fsp3) is 0.111. The fourth-order valence-corrected chi connectivity index (χ4v) is 2.36. The van der Waals surface area contributed by atoms with Crippen LogP contribution in [0.2, 0.25) is 0 Å². The Labute approximate surface area is 128 Å². The van der Waals surface area contributed by atoms with Gasteiger partial charge in [0.05, 0.1) is 16.8 Å². The number of hydrogen-bond acceptors (Lipinski definition) is 2. The Morgan fingerprint density at radius 1 is 1.05 bits per heavy atom. The van der Waals surface area contributed by atoms with Crippen LogP contribution in [0, 0.1) is 5.82 Å². The summed E-state index contributed by atoms with van der Waals surface area (Å²) in [6.07, 6.45) is 0. The van der Waals surface area contributed by atoms with Gasteiger partial charge >= 0.3 is 0 Å². The normalized spacial score (nSPS) is 10.7. The van der Waals surface area contributed by atoms with Gasteiger partial charge in [-0.15, -0.1) is 0 Å². The molecule has 110 valence electrons. The summed E-state index contributed by atoms with van der Waals surface area (Å²) < 4.78 is 13.1. The molecule has 0 saturated heterocycles. The van der Waals surface area contributed by atoms with E-state index in [1.165, 1.54) is 17.0 Å². The van der Waals surface area contributed by atoms with Crippen LogP contribution in [0.25, 0.3) is 22.2 Å². The van der Waals surface area contributed by atoms with Gasteiger partial charge in [-0.2, -0.15) is 0 Å². The molecule has 3 nitrogen and oxygen atoms in total. The van der Waals surface area contributed by atoms with Gasteiger partial charge in [0.25, 0.3) is 5.91 Å². The van der Waals surface area contributed by atoms with E-state index in [-0.39, 0.29) is 11.7 Å². The van der Waals surface area contributed by atoms with Crippen molar-refractivity contribution in [1.29, 1.82) is 0 Å². The summed E-state index contributed by atoms with van der Waals surface area (Å²) in [5.41, 5.74) is 2.77. The van der Waals surface area contributed by atoms with Crippen molar-refractivity contribution in [3.63, 3.8) is 0 Å². The van der Waals surface area contributed by atoms with Crippen LogP contribution in [0.5, 0.6) is 0 Å². The summed E-state index contributed by atoms with van der Waals surface area (Å²) in [4.78, 5) is 18.6. The van der Waals surface area contributed by atoms with E-state index in [0.717, 1.165) is 16.5 Å². The maximum Gasteiger partial charge on any atom is 0.254 e. The minimum atomic E-state index is -0.297. The Balaban J connectivity index is 2.24. The first-order valence-electron chi connectivity index (χ1n) is 6.93. The lowest BCUT2D eigenvalue weighted by atomic mass is 10.0. The van der Waals surface area contributed by atoms with Gasteiger partial charge in [-0.3, -0.25) is 4.79 Å². The molecule has 0 atom stereocenters. The number of amides is 1. The first-order valence-corrected chi connectivity index (χ1v) is 6.93. The second-order valence-corrected chi connectivity index (χ2v) is 5.28. The summed E-state index contributed by atoms with van der Waals surface area (Å²) in [5.74, 6) is -0.379. The number of carbonyl (C=O) groups is 1. The molecule has 0 N–H and O–H groups in total. The van der Waals surface area contributed by atoms with Crippen molar-refractivity contribution in [2.24, 2.45) is 0 Å². The molecule has 0 radical (unpaired) electrons. The molecule has 0 aliphatic carbocycles. The Morgan fingerprint density at radius 2 is 1.73 bits per heavy atom. The highest BCUT2D eigenvalue weighted by Crippen LogP contribution is 2.25. The largest absolute Gasteiger partial charge is 0.345 e. The van der Waals surface area contributed by atoms with Gasteiger partial charge in [0.2, 0.25) is 0 Å². The van der Waals surface area contributed by atoms with Crippen LogP contribution in [0.1, 0.15) is 10.4 Å². The number of nitrogens with zero attached hydrogens (tertiary/aromatic N) is 2. The van der Waals surface area contributed by atoms with Crippen molar-refractivity contribution in [1.82, 2.24) is 9.88 Å². The topological polar surface area (TPSA) is 33.2 Å². The van der Waals surface area contributed by atoms with Crippen molar-refractivity contribution in [2.75, 3.05) is 14.1 Å². The zero-order valence-electron chi connectivity index (χ0n) is 12.4. The van der Waals surface area contributed by atoms with E-state index in [9.17, 15) is 9.18 Å². The van der Waals surface area contributed by atoms with Gasteiger partial charge in [0, 0.05) is 25.0 Å². The van der Waals surface area contributed by atoms with E-state index in [2.05, 4.69) is 4.98 Å². The predicted molar refractivity (Wildman–Crippen MR) is 85.2 cm³/mol. The average molecular weight is 294 g/mol. The third-order valence-electron chi connectivity index (χ3n) is 3.49. The van der Waals surface area contributed by atoms with Gasteiger partial charge in [-0.05, 0) is 36.4 Å². The molecule has 0 aliphatic heterocycles. The maximum atomic E-state index is 13.1. The van der Waals surface area contributed by atoms with Gasteiger partial charge < -0.3 is 4.90 Å². The minimum absolute atomic E-state index is 0.0815. The van der Waals surface area contributed by atoms with E-state index >= 15 is 0 Å². The highest BCUT2D eigenvalue weighted by molar-refractivity contribution is 6.07. The molecule has 0 saturated carbocycles. The molecule has 0 spiro atoms. The molecule has 1 amide bonds. The number of benzene rings is 2. The Morgan fingerprint density at radius 3 is 2.41 bits per heavy atom. The molecule has 0 fully saturated rings. The van der Waals surface area contributed by atoms with E-state index in [4.69, 9.17) is 0 Å². The molecule has 4 heteroatoms. The summed E-state index contributed by atoms with van der Waals surface area (Å²) in [5, 5.41) is 0.812. The van der Waals surface area contributed by atoms with Crippen LogP contribution < -0.4 is 0 Å². The van der Waals surface area contributed by atoms with Gasteiger partial charge in [-0.1, -0.05) is 18.2 Å². The van der Waals surface area contributed by atoms with Crippen LogP contribution in [-0.4, -0.2) is 29.9 Å². The van der Waals surface area contributed by atoms with Crippen molar-refractivity contribution in [2.45, 2.75) is 0 Å². The smallest absolute Gasteiger partial charge is 0.254 e. The molecule has 0 aliphatic rings. The number of pyridine rings is 1. The van der Waals surface area contributed by atoms with Gasteiger partial charge in [0.1, 0.15) is 5.82 Å². The van der Waals surface area contributed by atoms with Crippen LogP contribution in [0.3, 0.4) is 0 Å². The van der Waals surface area contributed by atoms with Gasteiger partial charge in [0.15, 0.2) is 0 Å². The third kappa shape index (κ3) is 2.55. The lowest BCUT2D eigenvalue weighted by molar-refractivity contribution is 0.0829. The number of para-hydroxylation sites is 1. The van der Waals surface area contributed by atoms with Crippen LogP contribution in [0.15, 0.2) is 54.6 Å². The Bertz CT molecular complexity index is 841. The minimum Gasteiger partial charge on any atom is -0.345 e. The second-order valence-electron chi connectivity index (χ2n) is 5.28. The summed E-state index contributed by atoms with van der Waals surface area (Å²) in [6, 6.07) is 15.4. The summed E-state index contributed by atoms with van der Waals surface area (Å²) >= 11 is 0. The number of halogens is 1. The molecule has 0 unspecified atom stereocenters. The highest BCUT2D eigenvalue weighted by Gasteiger charge is 2.15. The summed E-state index contributed by atoms with van der Waals surface area (Å²) in [7, 11) is 3.43. The molecule has 3 rings (SSSR count). The molecular weight excluding hydrogens is 279 g/mol. The van der Waals surface area contributed by atoms with Crippen LogP contribution >= 0.6 is 0 Å².